The average Bonchev–Trinajstić information content (AvgIpc) is 2.38. The minimum absolute atomic E-state index is 0.290. The number of hydrogen-bond donors (Lipinski definition) is 0. The summed E-state index contributed by atoms with van der Waals surface area (Å²) >= 11 is 0. The van der Waals surface area contributed by atoms with Gasteiger partial charge in [0.05, 0.1) is 0 Å². The Bertz CT molecular complexity index is 405. The zero-order valence-electron chi connectivity index (χ0n) is 13.7. The van der Waals surface area contributed by atoms with E-state index < -0.39 is 0 Å². The lowest BCUT2D eigenvalue weighted by atomic mass is 9.84. The Kier molecular flexibility index (Phi) is 7.58. The van der Waals surface area contributed by atoms with Crippen LogP contribution in [0.3, 0.4) is 0 Å². The molecule has 0 fully saturated rings. The van der Waals surface area contributed by atoms with Gasteiger partial charge in [-0.15, -0.1) is 0 Å². The van der Waals surface area contributed by atoms with E-state index in [0.717, 1.165) is 38.5 Å². The molecule has 0 aromatic rings. The van der Waals surface area contributed by atoms with Crippen LogP contribution < -0.4 is 0 Å². The SMILES string of the molecule is CC(=O)[C@H]1CCC=C(CC/C=C(\C)CCC=C(C)C)C1. The monoisotopic (exact) mass is 274 g/mol. The number of Topliss-reactive ketones (excluding diaryl/α,β-unsaturated/α-hetero) is 1. The molecular formula is C19H30O. The molecule has 1 atom stereocenters. The second-order valence-electron chi connectivity index (χ2n) is 6.36. The summed E-state index contributed by atoms with van der Waals surface area (Å²) in [6, 6.07) is 0. The predicted octanol–water partition coefficient (Wildman–Crippen LogP) is 5.77. The summed E-state index contributed by atoms with van der Waals surface area (Å²) in [5.74, 6) is 0.654. The first-order valence-corrected chi connectivity index (χ1v) is 7.96. The normalized spacial score (nSPS) is 19.5. The van der Waals surface area contributed by atoms with Crippen LogP contribution in [0, 0.1) is 5.92 Å². The van der Waals surface area contributed by atoms with E-state index in [0.29, 0.717) is 5.78 Å². The molecule has 0 spiro atoms. The fourth-order valence-electron chi connectivity index (χ4n) is 2.74. The van der Waals surface area contributed by atoms with Gasteiger partial charge in [0.1, 0.15) is 5.78 Å². The van der Waals surface area contributed by atoms with E-state index in [1.165, 1.54) is 23.1 Å². The number of ketones is 1. The minimum atomic E-state index is 0.290. The zero-order chi connectivity index (χ0) is 15.0. The molecular weight excluding hydrogens is 244 g/mol. The molecule has 0 saturated carbocycles. The van der Waals surface area contributed by atoms with E-state index >= 15 is 0 Å². The highest BCUT2D eigenvalue weighted by Gasteiger charge is 2.18. The Morgan fingerprint density at radius 3 is 2.60 bits per heavy atom. The Morgan fingerprint density at radius 1 is 1.20 bits per heavy atom. The van der Waals surface area contributed by atoms with Crippen LogP contribution in [0.15, 0.2) is 34.9 Å². The van der Waals surface area contributed by atoms with Crippen LogP contribution in [0.5, 0.6) is 0 Å². The first-order valence-electron chi connectivity index (χ1n) is 7.96. The molecule has 112 valence electrons. The van der Waals surface area contributed by atoms with Gasteiger partial charge in [-0.3, -0.25) is 4.79 Å². The third kappa shape index (κ3) is 6.88. The Labute approximate surface area is 124 Å². The number of carbonyl (C=O) groups is 1. The summed E-state index contributed by atoms with van der Waals surface area (Å²) in [6.07, 6.45) is 14.7. The van der Waals surface area contributed by atoms with Crippen LogP contribution in [0.2, 0.25) is 0 Å². The number of hydrogen-bond acceptors (Lipinski definition) is 1. The lowest BCUT2D eigenvalue weighted by Gasteiger charge is -2.20. The molecule has 1 heteroatoms. The van der Waals surface area contributed by atoms with Gasteiger partial charge in [0, 0.05) is 5.92 Å². The molecule has 0 unspecified atom stereocenters. The van der Waals surface area contributed by atoms with Crippen molar-refractivity contribution in [1.29, 1.82) is 0 Å². The topological polar surface area (TPSA) is 17.1 Å². The van der Waals surface area contributed by atoms with Gasteiger partial charge in [0.15, 0.2) is 0 Å². The smallest absolute Gasteiger partial charge is 0.133 e. The van der Waals surface area contributed by atoms with Gasteiger partial charge in [-0.2, -0.15) is 0 Å². The van der Waals surface area contributed by atoms with Crippen LogP contribution >= 0.6 is 0 Å². The molecule has 1 nitrogen and oxygen atoms in total. The van der Waals surface area contributed by atoms with Crippen LogP contribution in [0.4, 0.5) is 0 Å². The Hall–Kier alpha value is -1.11. The summed E-state index contributed by atoms with van der Waals surface area (Å²) < 4.78 is 0. The molecule has 1 aliphatic rings. The zero-order valence-corrected chi connectivity index (χ0v) is 13.7. The summed E-state index contributed by atoms with van der Waals surface area (Å²) in [4.78, 5) is 11.5. The van der Waals surface area contributed by atoms with E-state index in [2.05, 4.69) is 39.0 Å². The first-order chi connectivity index (χ1) is 9.49. The van der Waals surface area contributed by atoms with E-state index in [1.807, 2.05) is 0 Å². The van der Waals surface area contributed by atoms with Crippen molar-refractivity contribution in [2.24, 2.45) is 5.92 Å². The number of allylic oxidation sites excluding steroid dienone is 6. The van der Waals surface area contributed by atoms with E-state index in [-0.39, 0.29) is 5.92 Å². The van der Waals surface area contributed by atoms with E-state index in [4.69, 9.17) is 0 Å². The van der Waals surface area contributed by atoms with E-state index in [9.17, 15) is 4.79 Å². The molecule has 1 aliphatic carbocycles. The maximum absolute atomic E-state index is 11.5. The van der Waals surface area contributed by atoms with Crippen molar-refractivity contribution in [3.8, 4) is 0 Å². The molecule has 0 bridgehead atoms. The van der Waals surface area contributed by atoms with Gasteiger partial charge in [0.2, 0.25) is 0 Å². The maximum Gasteiger partial charge on any atom is 0.133 e. The molecule has 0 aromatic heterocycles. The highest BCUT2D eigenvalue weighted by Crippen LogP contribution is 2.27. The van der Waals surface area contributed by atoms with Gasteiger partial charge in [-0.1, -0.05) is 34.9 Å². The summed E-state index contributed by atoms with van der Waals surface area (Å²) in [6.45, 7) is 8.27. The van der Waals surface area contributed by atoms with Crippen LogP contribution in [0.25, 0.3) is 0 Å². The molecule has 0 saturated heterocycles. The largest absolute Gasteiger partial charge is 0.300 e. The Morgan fingerprint density at radius 2 is 1.95 bits per heavy atom. The van der Waals surface area contributed by atoms with Crippen molar-refractivity contribution < 1.29 is 4.79 Å². The standard InChI is InChI=1S/C19H30O/c1-15(2)8-5-9-16(3)10-6-11-18-12-7-13-19(14-18)17(4)20/h8,10,12,19H,5-7,9,11,13-14H2,1-4H3/b16-10+/t19-/m0/s1. The van der Waals surface area contributed by atoms with Crippen LogP contribution in [-0.2, 0) is 4.79 Å². The predicted molar refractivity (Wildman–Crippen MR) is 87.8 cm³/mol. The van der Waals surface area contributed by atoms with Gasteiger partial charge in [-0.25, -0.2) is 0 Å². The minimum Gasteiger partial charge on any atom is -0.300 e. The third-order valence-electron chi connectivity index (χ3n) is 4.08. The molecule has 0 radical (unpaired) electrons. The molecule has 0 aliphatic heterocycles. The first kappa shape index (κ1) is 16.9. The summed E-state index contributed by atoms with van der Waals surface area (Å²) in [5.41, 5.74) is 4.38. The van der Waals surface area contributed by atoms with Gasteiger partial charge in [0.25, 0.3) is 0 Å². The fourth-order valence-corrected chi connectivity index (χ4v) is 2.74. The summed E-state index contributed by atoms with van der Waals surface area (Å²) in [5, 5.41) is 0. The second-order valence-corrected chi connectivity index (χ2v) is 6.36. The molecule has 0 amide bonds. The highest BCUT2D eigenvalue weighted by molar-refractivity contribution is 5.78. The highest BCUT2D eigenvalue weighted by atomic mass is 16.1. The van der Waals surface area contributed by atoms with Crippen molar-refractivity contribution >= 4 is 5.78 Å². The number of rotatable bonds is 7. The van der Waals surface area contributed by atoms with Crippen molar-refractivity contribution in [2.45, 2.75) is 72.6 Å². The van der Waals surface area contributed by atoms with Gasteiger partial charge < -0.3 is 0 Å². The van der Waals surface area contributed by atoms with Crippen molar-refractivity contribution in [3.05, 3.63) is 34.9 Å². The molecule has 20 heavy (non-hydrogen) atoms. The quantitative estimate of drug-likeness (QED) is 0.538. The number of carbonyl (C=O) groups excluding carboxylic acids is 1. The molecule has 0 N–H and O–H groups in total. The lowest BCUT2D eigenvalue weighted by Crippen LogP contribution is -2.14. The molecule has 0 aromatic carbocycles. The Balaban J connectivity index is 2.31. The molecule has 0 heterocycles. The second kappa shape index (κ2) is 8.94. The van der Waals surface area contributed by atoms with Crippen LogP contribution in [0.1, 0.15) is 72.6 Å². The third-order valence-corrected chi connectivity index (χ3v) is 4.08. The van der Waals surface area contributed by atoms with Gasteiger partial charge in [-0.05, 0) is 72.6 Å². The van der Waals surface area contributed by atoms with Gasteiger partial charge >= 0.3 is 0 Å². The van der Waals surface area contributed by atoms with Crippen molar-refractivity contribution in [2.75, 3.05) is 0 Å². The van der Waals surface area contributed by atoms with Crippen LogP contribution in [-0.4, -0.2) is 5.78 Å². The van der Waals surface area contributed by atoms with E-state index in [1.54, 1.807) is 6.92 Å². The van der Waals surface area contributed by atoms with Crippen molar-refractivity contribution in [1.82, 2.24) is 0 Å². The molecule has 1 rings (SSSR count). The summed E-state index contributed by atoms with van der Waals surface area (Å²) in [7, 11) is 0. The van der Waals surface area contributed by atoms with Crippen molar-refractivity contribution in [3.63, 3.8) is 0 Å². The fraction of sp³-hybridized carbons (Fsp3) is 0.632. The average molecular weight is 274 g/mol. The lowest BCUT2D eigenvalue weighted by molar-refractivity contribution is -0.121. The maximum atomic E-state index is 11.5.